The second-order valence-electron chi connectivity index (χ2n) is 5.36. The lowest BCUT2D eigenvalue weighted by Crippen LogP contribution is -2.35. The maximum absolute atomic E-state index is 12.5. The maximum Gasteiger partial charge on any atom is 0.255 e. The summed E-state index contributed by atoms with van der Waals surface area (Å²) in [6.07, 6.45) is 5.53. The Bertz CT molecular complexity index is 764. The normalized spacial score (nSPS) is 16.2. The first kappa shape index (κ1) is 15.7. The van der Waals surface area contributed by atoms with Gasteiger partial charge in [-0.1, -0.05) is 11.6 Å². The summed E-state index contributed by atoms with van der Waals surface area (Å²) in [6, 6.07) is 5.93. The van der Waals surface area contributed by atoms with Gasteiger partial charge in [0.2, 0.25) is 10.0 Å². The van der Waals surface area contributed by atoms with Crippen molar-refractivity contribution in [1.82, 2.24) is 9.46 Å². The van der Waals surface area contributed by atoms with Gasteiger partial charge in [-0.3, -0.25) is 4.79 Å². The standard InChI is InChI=1S/C15H17N3O4S/c19-15(17-13-10-16-22-11-13)12-4-6-14(7-5-12)23(20,21)18-8-2-1-3-9-18/h4-7,10-11H,1-3,8-9H2,(H,17,19). The number of carbonyl (C=O) groups is 1. The molecule has 0 bridgehead atoms. The van der Waals surface area contributed by atoms with Gasteiger partial charge in [0.25, 0.3) is 5.91 Å². The van der Waals surface area contributed by atoms with Gasteiger partial charge in [-0.25, -0.2) is 8.42 Å². The van der Waals surface area contributed by atoms with Crippen LogP contribution < -0.4 is 5.32 Å². The monoisotopic (exact) mass is 335 g/mol. The number of hydrogen-bond acceptors (Lipinski definition) is 5. The Kier molecular flexibility index (Phi) is 4.44. The molecule has 122 valence electrons. The first-order chi connectivity index (χ1) is 11.1. The summed E-state index contributed by atoms with van der Waals surface area (Å²) in [4.78, 5) is 12.2. The molecule has 2 aromatic rings. The summed E-state index contributed by atoms with van der Waals surface area (Å²) in [7, 11) is -3.48. The minimum absolute atomic E-state index is 0.209. The lowest BCUT2D eigenvalue weighted by Gasteiger charge is -2.25. The molecule has 0 spiro atoms. The van der Waals surface area contributed by atoms with E-state index in [0.29, 0.717) is 24.3 Å². The molecule has 0 radical (unpaired) electrons. The highest BCUT2D eigenvalue weighted by Gasteiger charge is 2.25. The molecule has 0 atom stereocenters. The van der Waals surface area contributed by atoms with Gasteiger partial charge in [-0.15, -0.1) is 0 Å². The van der Waals surface area contributed by atoms with Crippen molar-refractivity contribution in [2.24, 2.45) is 0 Å². The molecular weight excluding hydrogens is 318 g/mol. The van der Waals surface area contributed by atoms with Crippen molar-refractivity contribution in [1.29, 1.82) is 0 Å². The van der Waals surface area contributed by atoms with Gasteiger partial charge in [0.05, 0.1) is 11.1 Å². The first-order valence-corrected chi connectivity index (χ1v) is 8.82. The van der Waals surface area contributed by atoms with Crippen molar-refractivity contribution in [2.75, 3.05) is 18.4 Å². The molecule has 1 aromatic heterocycles. The molecule has 1 N–H and O–H groups in total. The molecule has 23 heavy (non-hydrogen) atoms. The minimum Gasteiger partial charge on any atom is -0.363 e. The quantitative estimate of drug-likeness (QED) is 0.923. The number of amides is 1. The van der Waals surface area contributed by atoms with E-state index in [1.165, 1.54) is 41.0 Å². The summed E-state index contributed by atoms with van der Waals surface area (Å²) < 4.78 is 31.2. The Morgan fingerprint density at radius 3 is 2.43 bits per heavy atom. The molecule has 2 heterocycles. The third-order valence-electron chi connectivity index (χ3n) is 3.76. The number of piperidine rings is 1. The van der Waals surface area contributed by atoms with E-state index < -0.39 is 10.0 Å². The van der Waals surface area contributed by atoms with Gasteiger partial charge >= 0.3 is 0 Å². The Hall–Kier alpha value is -2.19. The number of nitrogens with one attached hydrogen (secondary N) is 1. The number of anilines is 1. The van der Waals surface area contributed by atoms with Crippen LogP contribution in [0.4, 0.5) is 5.69 Å². The van der Waals surface area contributed by atoms with E-state index >= 15 is 0 Å². The van der Waals surface area contributed by atoms with Gasteiger partial charge in [-0.05, 0) is 37.1 Å². The van der Waals surface area contributed by atoms with Crippen molar-refractivity contribution in [3.05, 3.63) is 42.3 Å². The fourth-order valence-electron chi connectivity index (χ4n) is 2.50. The molecule has 1 aliphatic rings. The Labute approximate surface area is 134 Å². The van der Waals surface area contributed by atoms with E-state index in [-0.39, 0.29) is 10.8 Å². The third kappa shape index (κ3) is 3.43. The van der Waals surface area contributed by atoms with Crippen LogP contribution in [-0.4, -0.2) is 36.9 Å². The summed E-state index contributed by atoms with van der Waals surface area (Å²) in [6.45, 7) is 1.11. The number of sulfonamides is 1. The van der Waals surface area contributed by atoms with Crippen molar-refractivity contribution >= 4 is 21.6 Å². The number of nitrogens with zero attached hydrogens (tertiary/aromatic N) is 2. The summed E-state index contributed by atoms with van der Waals surface area (Å²) in [5, 5.41) is 6.10. The molecule has 1 saturated heterocycles. The molecule has 3 rings (SSSR count). The first-order valence-electron chi connectivity index (χ1n) is 7.38. The average molecular weight is 335 g/mol. The van der Waals surface area contributed by atoms with Crippen molar-refractivity contribution < 1.29 is 17.7 Å². The predicted octanol–water partition coefficient (Wildman–Crippen LogP) is 2.10. The van der Waals surface area contributed by atoms with E-state index in [9.17, 15) is 13.2 Å². The van der Waals surface area contributed by atoms with Crippen LogP contribution in [0, 0.1) is 0 Å². The number of aromatic nitrogens is 1. The Morgan fingerprint density at radius 1 is 1.13 bits per heavy atom. The molecule has 1 fully saturated rings. The fraction of sp³-hybridized carbons (Fsp3) is 0.333. The minimum atomic E-state index is -3.48. The largest absolute Gasteiger partial charge is 0.363 e. The van der Waals surface area contributed by atoms with Crippen LogP contribution in [-0.2, 0) is 10.0 Å². The topological polar surface area (TPSA) is 92.5 Å². The lowest BCUT2D eigenvalue weighted by atomic mass is 10.2. The molecule has 1 aromatic carbocycles. The van der Waals surface area contributed by atoms with Crippen molar-refractivity contribution in [2.45, 2.75) is 24.2 Å². The highest BCUT2D eigenvalue weighted by Crippen LogP contribution is 2.21. The molecule has 0 unspecified atom stereocenters. The molecule has 1 amide bonds. The predicted molar refractivity (Wildman–Crippen MR) is 83.5 cm³/mol. The van der Waals surface area contributed by atoms with Crippen LogP contribution in [0.1, 0.15) is 29.6 Å². The number of hydrogen-bond donors (Lipinski definition) is 1. The summed E-state index contributed by atoms with van der Waals surface area (Å²) >= 11 is 0. The summed E-state index contributed by atoms with van der Waals surface area (Å²) in [5.41, 5.74) is 0.809. The molecule has 7 nitrogen and oxygen atoms in total. The van der Waals surface area contributed by atoms with Crippen LogP contribution in [0.2, 0.25) is 0 Å². The van der Waals surface area contributed by atoms with E-state index in [1.54, 1.807) is 0 Å². The maximum atomic E-state index is 12.5. The number of carbonyl (C=O) groups excluding carboxylic acids is 1. The highest BCUT2D eigenvalue weighted by atomic mass is 32.2. The third-order valence-corrected chi connectivity index (χ3v) is 5.67. The van der Waals surface area contributed by atoms with Crippen LogP contribution >= 0.6 is 0 Å². The fourth-order valence-corrected chi connectivity index (χ4v) is 4.02. The zero-order valence-electron chi connectivity index (χ0n) is 12.4. The molecule has 0 aliphatic carbocycles. The smallest absolute Gasteiger partial charge is 0.255 e. The van der Waals surface area contributed by atoms with Gasteiger partial charge in [0, 0.05) is 18.7 Å². The lowest BCUT2D eigenvalue weighted by molar-refractivity contribution is 0.102. The van der Waals surface area contributed by atoms with Crippen LogP contribution in [0.5, 0.6) is 0 Å². The zero-order valence-corrected chi connectivity index (χ0v) is 13.3. The van der Waals surface area contributed by atoms with Gasteiger partial charge in [0.15, 0.2) is 0 Å². The van der Waals surface area contributed by atoms with Gasteiger partial charge < -0.3 is 9.84 Å². The van der Waals surface area contributed by atoms with Crippen molar-refractivity contribution in [3.63, 3.8) is 0 Å². The van der Waals surface area contributed by atoms with Crippen molar-refractivity contribution in [3.8, 4) is 0 Å². The average Bonchev–Trinajstić information content (AvgIpc) is 3.09. The van der Waals surface area contributed by atoms with E-state index in [4.69, 9.17) is 0 Å². The van der Waals surface area contributed by atoms with E-state index in [2.05, 4.69) is 15.0 Å². The zero-order chi connectivity index (χ0) is 16.3. The Morgan fingerprint density at radius 2 is 1.83 bits per heavy atom. The van der Waals surface area contributed by atoms with Crippen LogP contribution in [0.3, 0.4) is 0 Å². The molecule has 0 saturated carbocycles. The second-order valence-corrected chi connectivity index (χ2v) is 7.29. The van der Waals surface area contributed by atoms with E-state index in [1.807, 2.05) is 0 Å². The molecular formula is C15H17N3O4S. The summed E-state index contributed by atoms with van der Waals surface area (Å²) in [5.74, 6) is -0.352. The molecule has 1 aliphatic heterocycles. The Balaban J connectivity index is 1.74. The van der Waals surface area contributed by atoms with Crippen LogP contribution in [0.25, 0.3) is 0 Å². The van der Waals surface area contributed by atoms with Crippen LogP contribution in [0.15, 0.2) is 46.1 Å². The van der Waals surface area contributed by atoms with Gasteiger partial charge in [0.1, 0.15) is 12.0 Å². The molecule has 8 heteroatoms. The SMILES string of the molecule is O=C(Nc1cnoc1)c1ccc(S(=O)(=O)N2CCCCC2)cc1. The number of benzene rings is 1. The number of rotatable bonds is 4. The van der Waals surface area contributed by atoms with Gasteiger partial charge in [-0.2, -0.15) is 4.31 Å². The second kappa shape index (κ2) is 6.51. The highest BCUT2D eigenvalue weighted by molar-refractivity contribution is 7.89. The van der Waals surface area contributed by atoms with E-state index in [0.717, 1.165) is 19.3 Å².